The first-order valence-corrected chi connectivity index (χ1v) is 9.04. The van der Waals surface area contributed by atoms with Crippen molar-refractivity contribution in [3.63, 3.8) is 0 Å². The molecule has 2 aromatic carbocycles. The molecule has 0 bridgehead atoms. The van der Waals surface area contributed by atoms with Crippen LogP contribution < -0.4 is 5.19 Å². The smallest absolute Gasteiger partial charge is 0.0914 e. The van der Waals surface area contributed by atoms with E-state index in [9.17, 15) is 0 Å². The number of H-pyrrole nitrogens is 1. The van der Waals surface area contributed by atoms with Crippen molar-refractivity contribution in [3.8, 4) is 0 Å². The summed E-state index contributed by atoms with van der Waals surface area (Å²) >= 11 is 0. The second-order valence-electron chi connectivity index (χ2n) is 5.70. The molecule has 2 heterocycles. The lowest BCUT2D eigenvalue weighted by atomic mass is 10.1. The Balaban J connectivity index is 1.78. The highest BCUT2D eigenvalue weighted by Crippen LogP contribution is 2.24. The third-order valence-electron chi connectivity index (χ3n) is 4.35. The van der Waals surface area contributed by atoms with Crippen LogP contribution in [0.25, 0.3) is 21.8 Å². The van der Waals surface area contributed by atoms with E-state index in [0.29, 0.717) is 5.73 Å². The van der Waals surface area contributed by atoms with Crippen LogP contribution in [0.2, 0.25) is 0 Å². The Morgan fingerprint density at radius 2 is 1.90 bits per heavy atom. The van der Waals surface area contributed by atoms with Crippen molar-refractivity contribution in [2.24, 2.45) is 0 Å². The monoisotopic (exact) mass is 281 g/mol. The van der Waals surface area contributed by atoms with E-state index >= 15 is 0 Å². The number of aromatic amines is 1. The number of para-hydroxylation sites is 2. The summed E-state index contributed by atoms with van der Waals surface area (Å²) in [4.78, 5) is 3.62. The predicted molar refractivity (Wildman–Crippen MR) is 87.6 cm³/mol. The lowest BCUT2D eigenvalue weighted by Gasteiger charge is -2.22. The molecule has 102 valence electrons. The molecule has 1 aliphatic rings. The van der Waals surface area contributed by atoms with Crippen molar-refractivity contribution >= 4 is 36.5 Å². The zero-order chi connectivity index (χ0) is 13.4. The Hall–Kier alpha value is -1.58. The van der Waals surface area contributed by atoms with Crippen molar-refractivity contribution < 1.29 is 4.74 Å². The molecule has 0 spiro atoms. The molecule has 1 atom stereocenters. The second kappa shape index (κ2) is 5.07. The minimum absolute atomic E-state index is 0.378. The zero-order valence-electron chi connectivity index (χ0n) is 11.6. The van der Waals surface area contributed by atoms with Gasteiger partial charge in [-0.15, -0.1) is 0 Å². The van der Waals surface area contributed by atoms with Crippen molar-refractivity contribution in [2.75, 3.05) is 6.61 Å². The molecule has 0 radical (unpaired) electrons. The van der Waals surface area contributed by atoms with Crippen molar-refractivity contribution in [1.29, 1.82) is 0 Å². The van der Waals surface area contributed by atoms with Crippen LogP contribution >= 0.6 is 0 Å². The minimum Gasteiger partial charge on any atom is -0.382 e. The van der Waals surface area contributed by atoms with E-state index < -0.39 is 0 Å². The van der Waals surface area contributed by atoms with Crippen LogP contribution in [-0.2, 0) is 4.74 Å². The van der Waals surface area contributed by atoms with Crippen LogP contribution in [0.3, 0.4) is 0 Å². The molecular formula is C17H19NOSi. The highest BCUT2D eigenvalue weighted by molar-refractivity contribution is 6.58. The molecule has 1 aliphatic heterocycles. The van der Waals surface area contributed by atoms with E-state index in [1.165, 1.54) is 46.3 Å². The van der Waals surface area contributed by atoms with Gasteiger partial charge in [0, 0.05) is 34.1 Å². The summed E-state index contributed by atoms with van der Waals surface area (Å²) in [7, 11) is -0.378. The van der Waals surface area contributed by atoms with Gasteiger partial charge in [-0.3, -0.25) is 0 Å². The van der Waals surface area contributed by atoms with E-state index in [4.69, 9.17) is 4.74 Å². The molecule has 0 aliphatic carbocycles. The minimum atomic E-state index is -0.378. The fourth-order valence-corrected chi connectivity index (χ4v) is 5.34. The SMILES string of the molecule is c1ccc2c(c1)[nH]c1c([SiH2]C3CCCCO3)cccc12. The van der Waals surface area contributed by atoms with Crippen LogP contribution in [-0.4, -0.2) is 26.8 Å². The highest BCUT2D eigenvalue weighted by atomic mass is 28.2. The van der Waals surface area contributed by atoms with Crippen LogP contribution in [0.5, 0.6) is 0 Å². The third-order valence-corrected chi connectivity index (χ3v) is 6.48. The van der Waals surface area contributed by atoms with Gasteiger partial charge >= 0.3 is 0 Å². The molecule has 4 rings (SSSR count). The van der Waals surface area contributed by atoms with Gasteiger partial charge in [-0.05, 0) is 30.5 Å². The Morgan fingerprint density at radius 3 is 2.80 bits per heavy atom. The molecule has 0 saturated carbocycles. The lowest BCUT2D eigenvalue weighted by molar-refractivity contribution is 0.0660. The summed E-state index contributed by atoms with van der Waals surface area (Å²) in [5, 5.41) is 4.22. The topological polar surface area (TPSA) is 25.0 Å². The maximum Gasteiger partial charge on any atom is 0.0914 e. The molecule has 3 heteroatoms. The Labute approximate surface area is 121 Å². The van der Waals surface area contributed by atoms with Crippen molar-refractivity contribution in [1.82, 2.24) is 4.98 Å². The van der Waals surface area contributed by atoms with Crippen molar-refractivity contribution in [3.05, 3.63) is 42.5 Å². The van der Waals surface area contributed by atoms with E-state index in [1.54, 1.807) is 0 Å². The van der Waals surface area contributed by atoms with Gasteiger partial charge in [0.25, 0.3) is 0 Å². The lowest BCUT2D eigenvalue weighted by Crippen LogP contribution is -2.33. The number of hydrogen-bond donors (Lipinski definition) is 1. The molecule has 1 unspecified atom stereocenters. The number of aromatic nitrogens is 1. The van der Waals surface area contributed by atoms with Gasteiger partial charge in [0.1, 0.15) is 0 Å². The zero-order valence-corrected chi connectivity index (χ0v) is 13.0. The molecule has 20 heavy (non-hydrogen) atoms. The first-order valence-electron chi connectivity index (χ1n) is 7.52. The van der Waals surface area contributed by atoms with Crippen molar-refractivity contribution in [2.45, 2.75) is 25.0 Å². The van der Waals surface area contributed by atoms with Gasteiger partial charge in [0.05, 0.1) is 9.52 Å². The first kappa shape index (κ1) is 12.2. The third kappa shape index (κ3) is 2.07. The highest BCUT2D eigenvalue weighted by Gasteiger charge is 2.17. The van der Waals surface area contributed by atoms with Gasteiger partial charge in [-0.25, -0.2) is 0 Å². The predicted octanol–water partition coefficient (Wildman–Crippen LogP) is 2.64. The summed E-state index contributed by atoms with van der Waals surface area (Å²) in [6, 6.07) is 15.3. The molecule has 2 nitrogen and oxygen atoms in total. The summed E-state index contributed by atoms with van der Waals surface area (Å²) in [6.45, 7) is 0.959. The fourth-order valence-electron chi connectivity index (χ4n) is 3.32. The quantitative estimate of drug-likeness (QED) is 0.718. The molecule has 1 N–H and O–H groups in total. The van der Waals surface area contributed by atoms with E-state index in [0.717, 1.165) is 6.61 Å². The Kier molecular flexibility index (Phi) is 3.09. The summed E-state index contributed by atoms with van der Waals surface area (Å²) < 4.78 is 5.95. The van der Waals surface area contributed by atoms with Crippen LogP contribution in [0, 0.1) is 0 Å². The van der Waals surface area contributed by atoms with Crippen LogP contribution in [0.1, 0.15) is 19.3 Å². The summed E-state index contributed by atoms with van der Waals surface area (Å²) in [6.07, 6.45) is 3.82. The van der Waals surface area contributed by atoms with E-state index in [2.05, 4.69) is 47.4 Å². The van der Waals surface area contributed by atoms with Gasteiger partial charge in [0.2, 0.25) is 0 Å². The number of nitrogens with one attached hydrogen (secondary N) is 1. The summed E-state index contributed by atoms with van der Waals surface area (Å²) in [5.41, 5.74) is 3.11. The van der Waals surface area contributed by atoms with Gasteiger partial charge in [-0.2, -0.15) is 0 Å². The second-order valence-corrected chi connectivity index (χ2v) is 7.78. The molecular weight excluding hydrogens is 262 g/mol. The maximum atomic E-state index is 5.95. The number of fused-ring (bicyclic) bond motifs is 3. The molecule has 1 saturated heterocycles. The maximum absolute atomic E-state index is 5.95. The number of benzene rings is 2. The average Bonchev–Trinajstić information content (AvgIpc) is 2.88. The average molecular weight is 281 g/mol. The fraction of sp³-hybridized carbons (Fsp3) is 0.294. The van der Waals surface area contributed by atoms with E-state index in [-0.39, 0.29) is 9.52 Å². The molecule has 1 aromatic heterocycles. The van der Waals surface area contributed by atoms with Gasteiger partial charge in [-0.1, -0.05) is 36.4 Å². The molecule has 3 aromatic rings. The first-order chi connectivity index (χ1) is 9.92. The number of hydrogen-bond acceptors (Lipinski definition) is 1. The number of ether oxygens (including phenoxy) is 1. The molecule has 0 amide bonds. The largest absolute Gasteiger partial charge is 0.382 e. The summed E-state index contributed by atoms with van der Waals surface area (Å²) in [5.74, 6) is 0. The van der Waals surface area contributed by atoms with Crippen LogP contribution in [0.15, 0.2) is 42.5 Å². The number of rotatable bonds is 2. The van der Waals surface area contributed by atoms with Crippen LogP contribution in [0.4, 0.5) is 0 Å². The standard InChI is InChI=1S/C17H19NOSi/c1-2-8-14-12(6-1)13-7-5-9-15(17(13)18-14)20-16-10-3-4-11-19-16/h1-2,5-9,16,18H,3-4,10-11,20H2. The van der Waals surface area contributed by atoms with E-state index in [1.807, 2.05) is 0 Å². The Bertz CT molecular complexity index is 743. The van der Waals surface area contributed by atoms with Gasteiger partial charge < -0.3 is 9.72 Å². The van der Waals surface area contributed by atoms with Gasteiger partial charge in [0.15, 0.2) is 0 Å². The Morgan fingerprint density at radius 1 is 1.00 bits per heavy atom. The normalized spacial score (nSPS) is 20.3. The molecule has 1 fully saturated rings.